The number of halogens is 1. The van der Waals surface area contributed by atoms with E-state index >= 15 is 0 Å². The van der Waals surface area contributed by atoms with Gasteiger partial charge in [0.2, 0.25) is 0 Å². The molecule has 0 aliphatic carbocycles. The summed E-state index contributed by atoms with van der Waals surface area (Å²) in [5, 5.41) is 8.67. The average molecular weight is 357 g/mol. The zero-order valence-electron chi connectivity index (χ0n) is 5.75. The summed E-state index contributed by atoms with van der Waals surface area (Å²) in [6.45, 7) is 0. The Morgan fingerprint density at radius 3 is 2.55 bits per heavy atom. The number of carbonyl (C=O) groups is 1. The molecular formula is C7H5ClHgO2. The van der Waals surface area contributed by atoms with E-state index in [1.807, 2.05) is 6.07 Å². The van der Waals surface area contributed by atoms with Crippen molar-refractivity contribution in [1.29, 1.82) is 0 Å². The standard InChI is InChI=1S/C7H5O2.ClH.Hg/c8-7(9)6-4-2-1-3-5-6;;/h1-4H,(H,8,9);1H;/q;;+1/p-1. The molecule has 0 amide bonds. The fourth-order valence-electron chi connectivity index (χ4n) is 0.845. The minimum absolute atomic E-state index is 0.379. The maximum absolute atomic E-state index is 10.6. The van der Waals surface area contributed by atoms with Crippen LogP contribution < -0.4 is 3.07 Å². The first-order valence-corrected chi connectivity index (χ1v) is 12.6. The number of hydrogen-bond acceptors (Lipinski definition) is 1. The molecule has 0 saturated heterocycles. The molecule has 0 unspecified atom stereocenters. The first-order chi connectivity index (χ1) is 5.25. The summed E-state index contributed by atoms with van der Waals surface area (Å²) in [5.74, 6) is -0.874. The van der Waals surface area contributed by atoms with Gasteiger partial charge < -0.3 is 0 Å². The summed E-state index contributed by atoms with van der Waals surface area (Å²) in [4.78, 5) is 10.6. The van der Waals surface area contributed by atoms with E-state index in [2.05, 4.69) is 0 Å². The zero-order chi connectivity index (χ0) is 8.27. The van der Waals surface area contributed by atoms with Gasteiger partial charge in [0.25, 0.3) is 0 Å². The van der Waals surface area contributed by atoms with Crippen molar-refractivity contribution in [3.63, 3.8) is 0 Å². The number of hydrogen-bond donors (Lipinski definition) is 1. The fourth-order valence-corrected chi connectivity index (χ4v) is 5.37. The third-order valence-electron chi connectivity index (χ3n) is 1.39. The Morgan fingerprint density at radius 1 is 1.45 bits per heavy atom. The summed E-state index contributed by atoms with van der Waals surface area (Å²) >= 11 is -1.57. The van der Waals surface area contributed by atoms with Crippen molar-refractivity contribution in [2.45, 2.75) is 0 Å². The van der Waals surface area contributed by atoms with Gasteiger partial charge in [-0.1, -0.05) is 0 Å². The van der Waals surface area contributed by atoms with E-state index < -0.39 is 29.3 Å². The minimum atomic E-state index is -1.57. The van der Waals surface area contributed by atoms with Crippen LogP contribution in [0.15, 0.2) is 24.3 Å². The molecule has 54 valence electrons. The third kappa shape index (κ3) is 2.17. The first-order valence-electron chi connectivity index (χ1n) is 3.13. The molecule has 1 N–H and O–H groups in total. The van der Waals surface area contributed by atoms with Gasteiger partial charge in [-0.25, -0.2) is 0 Å². The summed E-state index contributed by atoms with van der Waals surface area (Å²) in [7, 11) is 5.74. The normalized spacial score (nSPS) is 8.82. The number of carboxylic acids is 1. The molecule has 0 heterocycles. The number of aromatic carboxylic acids is 1. The second-order valence-electron chi connectivity index (χ2n) is 2.10. The molecular weight excluding hydrogens is 352 g/mol. The van der Waals surface area contributed by atoms with Crippen molar-refractivity contribution in [3.8, 4) is 0 Å². The van der Waals surface area contributed by atoms with Crippen LogP contribution in [-0.2, 0) is 23.3 Å². The Labute approximate surface area is 80.1 Å². The van der Waals surface area contributed by atoms with Gasteiger partial charge in [-0.05, 0) is 0 Å². The molecule has 0 radical (unpaired) electrons. The average Bonchev–Trinajstić information content (AvgIpc) is 2.04. The number of benzene rings is 1. The molecule has 0 aromatic heterocycles. The topological polar surface area (TPSA) is 37.3 Å². The number of carboxylic acid groups (broad SMARTS) is 1. The molecule has 0 aliphatic rings. The van der Waals surface area contributed by atoms with Gasteiger partial charge in [-0.15, -0.1) is 0 Å². The molecule has 0 saturated carbocycles. The predicted molar refractivity (Wildman–Crippen MR) is 38.9 cm³/mol. The van der Waals surface area contributed by atoms with Gasteiger partial charge in [-0.3, -0.25) is 0 Å². The van der Waals surface area contributed by atoms with Gasteiger partial charge in [0, 0.05) is 0 Å². The Balaban J connectivity index is 3.12. The predicted octanol–water partition coefficient (Wildman–Crippen LogP) is 1.25. The van der Waals surface area contributed by atoms with Crippen LogP contribution in [0.4, 0.5) is 0 Å². The summed E-state index contributed by atoms with van der Waals surface area (Å²) in [6.07, 6.45) is 0. The van der Waals surface area contributed by atoms with Gasteiger partial charge in [-0.2, -0.15) is 0 Å². The van der Waals surface area contributed by atoms with Crippen LogP contribution in [0.5, 0.6) is 0 Å². The van der Waals surface area contributed by atoms with Crippen LogP contribution in [0, 0.1) is 0 Å². The molecule has 0 bridgehead atoms. The molecule has 0 aliphatic heterocycles. The van der Waals surface area contributed by atoms with Crippen molar-refractivity contribution < 1.29 is 33.2 Å². The van der Waals surface area contributed by atoms with Crippen LogP contribution >= 0.6 is 8.25 Å². The van der Waals surface area contributed by atoms with Crippen LogP contribution in [-0.4, -0.2) is 11.1 Å². The van der Waals surface area contributed by atoms with Crippen molar-refractivity contribution in [3.05, 3.63) is 29.8 Å². The molecule has 1 rings (SSSR count). The quantitative estimate of drug-likeness (QED) is 0.809. The van der Waals surface area contributed by atoms with Gasteiger partial charge in [0.05, 0.1) is 0 Å². The Bertz CT molecular complexity index is 275. The van der Waals surface area contributed by atoms with Crippen molar-refractivity contribution in [2.75, 3.05) is 0 Å². The van der Waals surface area contributed by atoms with Crippen LogP contribution in [0.25, 0.3) is 0 Å². The first kappa shape index (κ1) is 9.01. The van der Waals surface area contributed by atoms with E-state index in [4.69, 9.17) is 13.4 Å². The van der Waals surface area contributed by atoms with Crippen LogP contribution in [0.1, 0.15) is 10.4 Å². The van der Waals surface area contributed by atoms with E-state index in [-0.39, 0.29) is 0 Å². The molecule has 2 nitrogen and oxygen atoms in total. The second-order valence-corrected chi connectivity index (χ2v) is 8.44. The van der Waals surface area contributed by atoms with E-state index in [0.29, 0.717) is 5.56 Å². The molecule has 0 fully saturated rings. The van der Waals surface area contributed by atoms with Gasteiger partial charge in [0.15, 0.2) is 0 Å². The summed E-state index contributed by atoms with van der Waals surface area (Å²) < 4.78 is 0.877. The molecule has 4 heteroatoms. The number of rotatable bonds is 2. The van der Waals surface area contributed by atoms with Crippen LogP contribution in [0.2, 0.25) is 0 Å². The third-order valence-corrected chi connectivity index (χ3v) is 7.43. The van der Waals surface area contributed by atoms with Gasteiger partial charge >= 0.3 is 80.4 Å². The molecule has 0 atom stereocenters. The molecule has 11 heavy (non-hydrogen) atoms. The van der Waals surface area contributed by atoms with Crippen molar-refractivity contribution in [1.82, 2.24) is 0 Å². The van der Waals surface area contributed by atoms with E-state index in [9.17, 15) is 4.79 Å². The maximum atomic E-state index is 10.6. The van der Waals surface area contributed by atoms with Crippen molar-refractivity contribution >= 4 is 17.3 Å². The van der Waals surface area contributed by atoms with E-state index in [1.165, 1.54) is 0 Å². The van der Waals surface area contributed by atoms with E-state index in [0.717, 1.165) is 3.07 Å². The second kappa shape index (κ2) is 4.07. The molecule has 0 spiro atoms. The Kier molecular flexibility index (Phi) is 3.33. The zero-order valence-corrected chi connectivity index (χ0v) is 12.0. The Morgan fingerprint density at radius 2 is 2.09 bits per heavy atom. The summed E-state index contributed by atoms with van der Waals surface area (Å²) in [5.41, 5.74) is 0.379. The van der Waals surface area contributed by atoms with E-state index in [1.54, 1.807) is 18.2 Å². The summed E-state index contributed by atoms with van der Waals surface area (Å²) in [6, 6.07) is 6.94. The monoisotopic (exact) mass is 358 g/mol. The SMILES string of the molecule is O=C(O)c1cccc[c]1[Hg][Cl]. The fraction of sp³-hybridized carbons (Fsp3) is 0. The van der Waals surface area contributed by atoms with Gasteiger partial charge in [0.1, 0.15) is 0 Å². The molecule has 1 aromatic rings. The van der Waals surface area contributed by atoms with Crippen molar-refractivity contribution in [2.24, 2.45) is 0 Å². The Hall–Kier alpha value is -0.0849. The van der Waals surface area contributed by atoms with Crippen LogP contribution in [0.3, 0.4) is 0 Å². The molecule has 1 aromatic carbocycles.